The highest BCUT2D eigenvalue weighted by molar-refractivity contribution is 5.92. The Balaban J connectivity index is 1.58. The largest absolute Gasteiger partial charge is 0.350 e. The van der Waals surface area contributed by atoms with E-state index >= 15 is 0 Å². The molecule has 2 atom stereocenters. The molecule has 27 heavy (non-hydrogen) atoms. The van der Waals surface area contributed by atoms with Gasteiger partial charge in [0.05, 0.1) is 12.2 Å². The number of aromatic nitrogens is 3. The molecule has 0 aromatic carbocycles. The number of likely N-dealkylation sites (N-methyl/N-ethyl adjacent to an activating group) is 1. The zero-order chi connectivity index (χ0) is 19.0. The molecule has 2 aliphatic heterocycles. The van der Waals surface area contributed by atoms with E-state index in [1.165, 1.54) is 6.42 Å². The molecule has 7 nitrogen and oxygen atoms in total. The number of carbonyl (C=O) groups is 1. The molecule has 4 rings (SSSR count). The van der Waals surface area contributed by atoms with Gasteiger partial charge in [0, 0.05) is 36.5 Å². The molecule has 146 valence electrons. The highest BCUT2D eigenvalue weighted by Crippen LogP contribution is 2.38. The van der Waals surface area contributed by atoms with Crippen LogP contribution in [0.1, 0.15) is 56.5 Å². The number of rotatable bonds is 3. The molecule has 7 heteroatoms. The molecule has 0 unspecified atom stereocenters. The van der Waals surface area contributed by atoms with E-state index in [1.54, 1.807) is 12.3 Å². The molecular weight excluding hydrogens is 342 g/mol. The first-order valence-electron chi connectivity index (χ1n) is 10.0. The van der Waals surface area contributed by atoms with Gasteiger partial charge in [0.25, 0.3) is 5.91 Å². The lowest BCUT2D eigenvalue weighted by Gasteiger charge is -2.51. The molecule has 0 N–H and O–H groups in total. The maximum absolute atomic E-state index is 13.3. The van der Waals surface area contributed by atoms with Crippen LogP contribution in [0.5, 0.6) is 0 Å². The van der Waals surface area contributed by atoms with Crippen molar-refractivity contribution in [2.45, 2.75) is 64.1 Å². The fraction of sp³-hybridized carbons (Fsp3) is 0.650. The Bertz CT molecular complexity index is 813. The number of hydrogen-bond acceptors (Lipinski definition) is 5. The van der Waals surface area contributed by atoms with E-state index in [0.717, 1.165) is 50.9 Å². The maximum Gasteiger partial charge on any atom is 0.292 e. The summed E-state index contributed by atoms with van der Waals surface area (Å²) in [6, 6.07) is 1.98. The molecule has 0 radical (unpaired) electrons. The van der Waals surface area contributed by atoms with Gasteiger partial charge in [0.15, 0.2) is 0 Å². The van der Waals surface area contributed by atoms with Gasteiger partial charge in [-0.25, -0.2) is 0 Å². The Labute approximate surface area is 160 Å². The van der Waals surface area contributed by atoms with Crippen LogP contribution in [0.15, 0.2) is 23.0 Å². The predicted octanol–water partition coefficient (Wildman–Crippen LogP) is 3.04. The third-order valence-corrected chi connectivity index (χ3v) is 6.50. The van der Waals surface area contributed by atoms with Crippen LogP contribution in [0.3, 0.4) is 0 Å². The lowest BCUT2D eigenvalue weighted by Crippen LogP contribution is -2.63. The maximum atomic E-state index is 13.3. The third-order valence-electron chi connectivity index (χ3n) is 6.50. The minimum Gasteiger partial charge on any atom is -0.350 e. The van der Waals surface area contributed by atoms with Crippen LogP contribution in [0.4, 0.5) is 0 Å². The first kappa shape index (κ1) is 18.2. The molecule has 2 aliphatic rings. The zero-order valence-corrected chi connectivity index (χ0v) is 16.5. The highest BCUT2D eigenvalue weighted by atomic mass is 16.5. The fourth-order valence-electron chi connectivity index (χ4n) is 4.69. The van der Waals surface area contributed by atoms with Crippen molar-refractivity contribution in [1.29, 1.82) is 0 Å². The van der Waals surface area contributed by atoms with Crippen LogP contribution in [-0.4, -0.2) is 62.4 Å². The molecule has 2 saturated heterocycles. The Morgan fingerprint density at radius 1 is 1.33 bits per heavy atom. The van der Waals surface area contributed by atoms with Gasteiger partial charge in [0.1, 0.15) is 5.69 Å². The van der Waals surface area contributed by atoms with Crippen molar-refractivity contribution in [2.24, 2.45) is 0 Å². The van der Waals surface area contributed by atoms with Crippen molar-refractivity contribution in [2.75, 3.05) is 20.1 Å². The van der Waals surface area contributed by atoms with Crippen LogP contribution in [0.2, 0.25) is 0 Å². The van der Waals surface area contributed by atoms with Crippen LogP contribution in [-0.2, 0) is 6.54 Å². The van der Waals surface area contributed by atoms with Gasteiger partial charge in [0.2, 0.25) is 5.76 Å². The van der Waals surface area contributed by atoms with E-state index in [9.17, 15) is 4.79 Å². The molecule has 4 heterocycles. The van der Waals surface area contributed by atoms with E-state index in [1.807, 2.05) is 22.7 Å². The summed E-state index contributed by atoms with van der Waals surface area (Å²) in [6.07, 6.45) is 9.24. The van der Waals surface area contributed by atoms with Crippen LogP contribution < -0.4 is 0 Å². The van der Waals surface area contributed by atoms with E-state index in [-0.39, 0.29) is 17.5 Å². The smallest absolute Gasteiger partial charge is 0.292 e. The van der Waals surface area contributed by atoms with Gasteiger partial charge >= 0.3 is 0 Å². The Hall–Kier alpha value is -2.15. The summed E-state index contributed by atoms with van der Waals surface area (Å²) in [5.41, 5.74) is 1.57. The molecule has 1 amide bonds. The first-order chi connectivity index (χ1) is 13.0. The molecule has 0 saturated carbocycles. The molecule has 0 bridgehead atoms. The monoisotopic (exact) mass is 371 g/mol. The van der Waals surface area contributed by atoms with E-state index in [4.69, 9.17) is 4.52 Å². The van der Waals surface area contributed by atoms with Crippen molar-refractivity contribution < 1.29 is 9.32 Å². The second-order valence-electron chi connectivity index (χ2n) is 8.05. The number of piperidine rings is 1. The number of hydrogen-bond donors (Lipinski definition) is 0. The summed E-state index contributed by atoms with van der Waals surface area (Å²) in [7, 11) is 2.20. The normalized spacial score (nSPS) is 26.6. The molecule has 2 aromatic rings. The van der Waals surface area contributed by atoms with Crippen molar-refractivity contribution in [3.8, 4) is 11.3 Å². The lowest BCUT2D eigenvalue weighted by atomic mass is 9.80. The lowest BCUT2D eigenvalue weighted by molar-refractivity contribution is -0.00526. The minimum atomic E-state index is -0.0390. The topological polar surface area (TPSA) is 67.4 Å². The predicted molar refractivity (Wildman–Crippen MR) is 102 cm³/mol. The quantitative estimate of drug-likeness (QED) is 0.830. The number of likely N-dealkylation sites (tertiary alicyclic amines) is 2. The number of nitrogens with zero attached hydrogens (tertiary/aromatic N) is 5. The van der Waals surface area contributed by atoms with Gasteiger partial charge in [-0.3, -0.25) is 14.4 Å². The second-order valence-corrected chi connectivity index (χ2v) is 8.05. The molecule has 2 fully saturated rings. The molecule has 0 aliphatic carbocycles. The number of fused-ring (bicyclic) bond motifs is 1. The average molecular weight is 371 g/mol. The minimum absolute atomic E-state index is 0.0372. The van der Waals surface area contributed by atoms with E-state index < -0.39 is 0 Å². The molecule has 0 spiro atoms. The van der Waals surface area contributed by atoms with Crippen molar-refractivity contribution >= 4 is 5.91 Å². The molecule has 2 aromatic heterocycles. The Morgan fingerprint density at radius 3 is 2.96 bits per heavy atom. The third kappa shape index (κ3) is 3.18. The van der Waals surface area contributed by atoms with Gasteiger partial charge < -0.3 is 9.42 Å². The van der Waals surface area contributed by atoms with Crippen molar-refractivity contribution in [1.82, 2.24) is 24.7 Å². The van der Waals surface area contributed by atoms with Crippen molar-refractivity contribution in [3.63, 3.8) is 0 Å². The van der Waals surface area contributed by atoms with Crippen molar-refractivity contribution in [3.05, 3.63) is 24.2 Å². The van der Waals surface area contributed by atoms with Gasteiger partial charge in [-0.05, 0) is 53.1 Å². The SMILES string of the molecule is CCn1cc(-c2cc(C(=O)N3CCC[C@@]4(C)[C@@H]3CCCCN4C)on2)cn1. The van der Waals surface area contributed by atoms with Crippen LogP contribution >= 0.6 is 0 Å². The Morgan fingerprint density at radius 2 is 2.19 bits per heavy atom. The van der Waals surface area contributed by atoms with E-state index in [0.29, 0.717) is 11.5 Å². The summed E-state index contributed by atoms with van der Waals surface area (Å²) >= 11 is 0. The number of carbonyl (C=O) groups excluding carboxylic acids is 1. The summed E-state index contributed by atoms with van der Waals surface area (Å²) < 4.78 is 7.29. The zero-order valence-electron chi connectivity index (χ0n) is 16.5. The van der Waals surface area contributed by atoms with Gasteiger partial charge in [-0.15, -0.1) is 0 Å². The highest BCUT2D eigenvalue weighted by Gasteiger charge is 2.46. The number of amides is 1. The summed E-state index contributed by atoms with van der Waals surface area (Å²) in [5.74, 6) is 0.285. The van der Waals surface area contributed by atoms with Gasteiger partial charge in [-0.2, -0.15) is 5.10 Å². The van der Waals surface area contributed by atoms with Crippen LogP contribution in [0, 0.1) is 0 Å². The average Bonchev–Trinajstić information content (AvgIpc) is 3.31. The van der Waals surface area contributed by atoms with Crippen LogP contribution in [0.25, 0.3) is 11.3 Å². The summed E-state index contributed by atoms with van der Waals surface area (Å²) in [4.78, 5) is 17.8. The standard InChI is InChI=1S/C20H29N5O2/c1-4-24-14-15(13-21-24)16-12-17(27-22-16)19(26)25-11-7-9-20(2)18(25)8-5-6-10-23(20)3/h12-14,18H,4-11H2,1-3H3/t18-,20-/m0/s1. The first-order valence-corrected chi connectivity index (χ1v) is 10.0. The van der Waals surface area contributed by atoms with Gasteiger partial charge in [-0.1, -0.05) is 11.6 Å². The second kappa shape index (κ2) is 7.11. The summed E-state index contributed by atoms with van der Waals surface area (Å²) in [6.45, 7) is 7.03. The Kier molecular flexibility index (Phi) is 4.80. The number of aryl methyl sites for hydroxylation is 1. The summed E-state index contributed by atoms with van der Waals surface area (Å²) in [5, 5.41) is 8.39. The fourth-order valence-corrected chi connectivity index (χ4v) is 4.69. The van der Waals surface area contributed by atoms with E-state index in [2.05, 4.69) is 29.1 Å². The molecular formula is C20H29N5O2.